The fourth-order valence-electron chi connectivity index (χ4n) is 2.37. The maximum Gasteiger partial charge on any atom is 0.433 e. The molecule has 3 nitrogen and oxygen atoms in total. The summed E-state index contributed by atoms with van der Waals surface area (Å²) in [4.78, 5) is 5.76. The van der Waals surface area contributed by atoms with Crippen LogP contribution >= 0.6 is 0 Å². The zero-order valence-corrected chi connectivity index (χ0v) is 10.9. The Kier molecular flexibility index (Phi) is 4.29. The molecule has 6 heteroatoms. The van der Waals surface area contributed by atoms with Gasteiger partial charge in [0, 0.05) is 19.1 Å². The Morgan fingerprint density at radius 3 is 2.79 bits per heavy atom. The molecule has 0 bridgehead atoms. The van der Waals surface area contributed by atoms with Crippen LogP contribution in [0, 0.1) is 0 Å². The van der Waals surface area contributed by atoms with Crippen LogP contribution in [0.5, 0.6) is 0 Å². The van der Waals surface area contributed by atoms with E-state index >= 15 is 0 Å². The molecule has 1 aliphatic rings. The normalized spacial score (nSPS) is 19.7. The molecule has 0 saturated carbocycles. The summed E-state index contributed by atoms with van der Waals surface area (Å²) < 4.78 is 38.1. The van der Waals surface area contributed by atoms with Crippen molar-refractivity contribution in [2.45, 2.75) is 32.0 Å². The number of hydrogen-bond donors (Lipinski definition) is 1. The molecule has 1 N–H and O–H groups in total. The van der Waals surface area contributed by atoms with E-state index in [9.17, 15) is 13.2 Å². The summed E-state index contributed by atoms with van der Waals surface area (Å²) in [7, 11) is 0. The number of nitrogens with one attached hydrogen (secondary N) is 1. The van der Waals surface area contributed by atoms with Gasteiger partial charge < -0.3 is 10.2 Å². The van der Waals surface area contributed by atoms with E-state index in [0.717, 1.165) is 38.5 Å². The minimum absolute atomic E-state index is 0.232. The summed E-state index contributed by atoms with van der Waals surface area (Å²) in [5.41, 5.74) is -0.822. The van der Waals surface area contributed by atoms with Gasteiger partial charge in [-0.3, -0.25) is 0 Å². The molecule has 2 heterocycles. The topological polar surface area (TPSA) is 28.2 Å². The highest BCUT2D eigenvalue weighted by molar-refractivity contribution is 5.41. The summed E-state index contributed by atoms with van der Waals surface area (Å²) in [6.45, 7) is 4.45. The number of anilines is 1. The van der Waals surface area contributed by atoms with Crippen molar-refractivity contribution < 1.29 is 13.2 Å². The largest absolute Gasteiger partial charge is 0.433 e. The fraction of sp³-hybridized carbons (Fsp3) is 0.615. The fourth-order valence-corrected chi connectivity index (χ4v) is 2.37. The van der Waals surface area contributed by atoms with Crippen molar-refractivity contribution in [3.8, 4) is 0 Å². The first-order chi connectivity index (χ1) is 9.02. The summed E-state index contributed by atoms with van der Waals surface area (Å²) in [5.74, 6) is 0.422. The highest BCUT2D eigenvalue weighted by atomic mass is 19.4. The van der Waals surface area contributed by atoms with Gasteiger partial charge in [0.05, 0.1) is 0 Å². The van der Waals surface area contributed by atoms with Crippen LogP contribution in [0.3, 0.4) is 0 Å². The predicted octanol–water partition coefficient (Wildman–Crippen LogP) is 2.68. The van der Waals surface area contributed by atoms with Crippen LogP contribution in [0.25, 0.3) is 0 Å². The molecule has 0 aliphatic carbocycles. The molecule has 1 atom stereocenters. The zero-order valence-electron chi connectivity index (χ0n) is 10.9. The second-order valence-corrected chi connectivity index (χ2v) is 4.72. The molecule has 106 valence electrons. The Morgan fingerprint density at radius 1 is 1.42 bits per heavy atom. The molecule has 0 amide bonds. The second kappa shape index (κ2) is 5.77. The summed E-state index contributed by atoms with van der Waals surface area (Å²) in [6, 6.07) is 4.33. The van der Waals surface area contributed by atoms with E-state index in [-0.39, 0.29) is 6.04 Å². The Balaban J connectivity index is 2.25. The highest BCUT2D eigenvalue weighted by Gasteiger charge is 2.33. The van der Waals surface area contributed by atoms with E-state index in [1.807, 2.05) is 11.8 Å². The first kappa shape index (κ1) is 14.1. The van der Waals surface area contributed by atoms with Gasteiger partial charge in [0.15, 0.2) is 0 Å². The number of halogens is 3. The number of alkyl halides is 3. The molecule has 1 aromatic rings. The van der Waals surface area contributed by atoms with Crippen molar-refractivity contribution >= 4 is 5.82 Å². The third-order valence-electron chi connectivity index (χ3n) is 3.26. The van der Waals surface area contributed by atoms with Crippen LogP contribution < -0.4 is 10.2 Å². The van der Waals surface area contributed by atoms with Crippen LogP contribution in [0.4, 0.5) is 19.0 Å². The summed E-state index contributed by atoms with van der Waals surface area (Å²) in [5, 5.41) is 3.23. The second-order valence-electron chi connectivity index (χ2n) is 4.72. The molecule has 1 fully saturated rings. The lowest BCUT2D eigenvalue weighted by molar-refractivity contribution is -0.141. The zero-order chi connectivity index (χ0) is 13.9. The average molecular weight is 273 g/mol. The van der Waals surface area contributed by atoms with Crippen LogP contribution in [-0.2, 0) is 6.18 Å². The first-order valence-corrected chi connectivity index (χ1v) is 6.54. The van der Waals surface area contributed by atoms with Gasteiger partial charge in [0.25, 0.3) is 0 Å². The molecule has 0 spiro atoms. The molecular formula is C13H18F3N3. The minimum atomic E-state index is -4.39. The minimum Gasteiger partial charge on any atom is -0.352 e. The number of hydrogen-bond acceptors (Lipinski definition) is 3. The van der Waals surface area contributed by atoms with Crippen molar-refractivity contribution in [1.82, 2.24) is 10.3 Å². The molecule has 19 heavy (non-hydrogen) atoms. The lowest BCUT2D eigenvalue weighted by Crippen LogP contribution is -2.38. The van der Waals surface area contributed by atoms with Gasteiger partial charge in [-0.15, -0.1) is 0 Å². The van der Waals surface area contributed by atoms with Crippen molar-refractivity contribution in [2.24, 2.45) is 0 Å². The quantitative estimate of drug-likeness (QED) is 0.914. The monoisotopic (exact) mass is 273 g/mol. The summed E-state index contributed by atoms with van der Waals surface area (Å²) in [6.07, 6.45) is -2.56. The molecule has 0 aromatic carbocycles. The number of rotatable bonds is 4. The maximum atomic E-state index is 12.7. The summed E-state index contributed by atoms with van der Waals surface area (Å²) >= 11 is 0. The van der Waals surface area contributed by atoms with Gasteiger partial charge in [0.2, 0.25) is 0 Å². The number of nitrogens with zero attached hydrogens (tertiary/aromatic N) is 2. The van der Waals surface area contributed by atoms with Crippen molar-refractivity contribution in [2.75, 3.05) is 24.5 Å². The van der Waals surface area contributed by atoms with Crippen LogP contribution in [0.2, 0.25) is 0 Å². The van der Waals surface area contributed by atoms with Crippen molar-refractivity contribution in [3.63, 3.8) is 0 Å². The molecular weight excluding hydrogens is 255 g/mol. The Bertz CT molecular complexity index is 414. The van der Waals surface area contributed by atoms with Crippen LogP contribution in [-0.4, -0.2) is 30.7 Å². The van der Waals surface area contributed by atoms with Gasteiger partial charge in [-0.2, -0.15) is 13.2 Å². The van der Waals surface area contributed by atoms with Gasteiger partial charge in [0.1, 0.15) is 11.5 Å². The lowest BCUT2D eigenvalue weighted by Gasteiger charge is -2.29. The Morgan fingerprint density at radius 2 is 2.21 bits per heavy atom. The standard InChI is InChI=1S/C13H18F3N3/c1-2-8-19(10-6-7-17-9-10)12-5-3-4-11(18-12)13(14,15)16/h3-5,10,17H,2,6-9H2,1H3. The van der Waals surface area contributed by atoms with E-state index in [0.29, 0.717) is 5.82 Å². The van der Waals surface area contributed by atoms with E-state index < -0.39 is 11.9 Å². The Hall–Kier alpha value is -1.30. The third kappa shape index (κ3) is 3.37. The lowest BCUT2D eigenvalue weighted by atomic mass is 10.2. The molecule has 1 aliphatic heterocycles. The molecule has 0 radical (unpaired) electrons. The van der Waals surface area contributed by atoms with Gasteiger partial charge in [-0.25, -0.2) is 4.98 Å². The van der Waals surface area contributed by atoms with Gasteiger partial charge >= 0.3 is 6.18 Å². The van der Waals surface area contributed by atoms with Gasteiger partial charge in [-0.05, 0) is 31.5 Å². The average Bonchev–Trinajstić information content (AvgIpc) is 2.88. The predicted molar refractivity (Wildman–Crippen MR) is 68.2 cm³/mol. The van der Waals surface area contributed by atoms with E-state index in [1.165, 1.54) is 6.07 Å². The van der Waals surface area contributed by atoms with Crippen LogP contribution in [0.1, 0.15) is 25.5 Å². The molecule has 2 rings (SSSR count). The van der Waals surface area contributed by atoms with Crippen molar-refractivity contribution in [3.05, 3.63) is 23.9 Å². The van der Waals surface area contributed by atoms with E-state index in [1.54, 1.807) is 6.07 Å². The third-order valence-corrected chi connectivity index (χ3v) is 3.26. The van der Waals surface area contributed by atoms with E-state index in [4.69, 9.17) is 0 Å². The highest BCUT2D eigenvalue weighted by Crippen LogP contribution is 2.29. The Labute approximate surface area is 110 Å². The number of aromatic nitrogens is 1. The number of pyridine rings is 1. The smallest absolute Gasteiger partial charge is 0.352 e. The van der Waals surface area contributed by atoms with Crippen molar-refractivity contribution in [1.29, 1.82) is 0 Å². The van der Waals surface area contributed by atoms with Crippen LogP contribution in [0.15, 0.2) is 18.2 Å². The molecule has 1 aromatic heterocycles. The van der Waals surface area contributed by atoms with Gasteiger partial charge in [-0.1, -0.05) is 13.0 Å². The SMILES string of the molecule is CCCN(c1cccc(C(F)(F)F)n1)C1CCNC1. The van der Waals surface area contributed by atoms with E-state index in [2.05, 4.69) is 10.3 Å². The first-order valence-electron chi connectivity index (χ1n) is 6.54. The maximum absolute atomic E-state index is 12.7. The molecule has 1 saturated heterocycles. The molecule has 1 unspecified atom stereocenters.